The maximum Gasteiger partial charge on any atom is 0.472 e. The van der Waals surface area contributed by atoms with Gasteiger partial charge in [-0.25, -0.2) is 0 Å². The van der Waals surface area contributed by atoms with Crippen molar-refractivity contribution in [1.29, 1.82) is 0 Å². The van der Waals surface area contributed by atoms with Crippen molar-refractivity contribution in [3.8, 4) is 0 Å². The number of alkyl halides is 6. The Hall–Kier alpha value is -1.24. The van der Waals surface area contributed by atoms with Crippen LogP contribution in [0, 0.1) is 0 Å². The summed E-state index contributed by atoms with van der Waals surface area (Å²) < 4.78 is 35.3. The van der Waals surface area contributed by atoms with Crippen LogP contribution in [0.1, 0.15) is 0 Å². The fraction of sp³-hybridized carbons (Fsp3) is 0.167. The lowest BCUT2D eigenvalue weighted by molar-refractivity contribution is -0.169. The topological polar surface area (TPSA) is 37.4 Å². The molecule has 0 N–H and O–H groups in total. The molecule has 0 radical (unpaired) electrons. The van der Waals surface area contributed by atoms with E-state index in [-0.39, 0.29) is 10.6 Å². The Bertz CT molecular complexity index is 553. The van der Waals surface area contributed by atoms with E-state index in [1.165, 1.54) is 24.3 Å². The Morgan fingerprint density at radius 3 is 2.00 bits per heavy atom. The fourth-order valence-corrected chi connectivity index (χ4v) is 1.42. The Kier molecular flexibility index (Phi) is 5.67. The van der Waals surface area contributed by atoms with Gasteiger partial charge in [-0.1, -0.05) is 53.0 Å². The fourth-order valence-electron chi connectivity index (χ4n) is 1.23. The van der Waals surface area contributed by atoms with Crippen LogP contribution in [0.25, 0.3) is 0 Å². The number of para-hydroxylation sites is 1. The van der Waals surface area contributed by atoms with Crippen LogP contribution in [0.2, 0.25) is 0 Å². The molecule has 1 amide bonds. The average molecular weight is 361 g/mol. The van der Waals surface area contributed by atoms with Gasteiger partial charge in [0.25, 0.3) is 3.79 Å². The third kappa shape index (κ3) is 5.22. The monoisotopic (exact) mass is 359 g/mol. The van der Waals surface area contributed by atoms with Gasteiger partial charge in [0, 0.05) is 18.0 Å². The number of anilines is 1. The van der Waals surface area contributed by atoms with Crippen LogP contribution in [-0.2, 0) is 9.59 Å². The van der Waals surface area contributed by atoms with E-state index in [0.717, 1.165) is 0 Å². The summed E-state index contributed by atoms with van der Waals surface area (Å²) in [7, 11) is 0. The number of carbonyl (C=O) groups excluding carboxylic acids is 2. The van der Waals surface area contributed by atoms with Crippen molar-refractivity contribution >= 4 is 52.2 Å². The van der Waals surface area contributed by atoms with E-state index in [9.17, 15) is 22.8 Å². The molecule has 9 heteroatoms. The van der Waals surface area contributed by atoms with Gasteiger partial charge >= 0.3 is 12.1 Å². The first kappa shape index (κ1) is 17.8. The van der Waals surface area contributed by atoms with Crippen molar-refractivity contribution < 1.29 is 22.8 Å². The van der Waals surface area contributed by atoms with E-state index in [0.29, 0.717) is 12.3 Å². The zero-order chi connectivity index (χ0) is 16.3. The van der Waals surface area contributed by atoms with Gasteiger partial charge in [-0.15, -0.1) is 0 Å². The third-order valence-electron chi connectivity index (χ3n) is 2.15. The van der Waals surface area contributed by atoms with Gasteiger partial charge in [0.15, 0.2) is 0 Å². The zero-order valence-electron chi connectivity index (χ0n) is 10.1. The van der Waals surface area contributed by atoms with Crippen molar-refractivity contribution in [3.05, 3.63) is 42.6 Å². The molecule has 0 aromatic heterocycles. The summed E-state index contributed by atoms with van der Waals surface area (Å²) in [6.45, 7) is 0. The lowest BCUT2D eigenvalue weighted by atomic mass is 10.3. The smallest absolute Gasteiger partial charge is 0.290 e. The number of ketones is 1. The van der Waals surface area contributed by atoms with Crippen LogP contribution in [-0.4, -0.2) is 21.7 Å². The Morgan fingerprint density at radius 2 is 1.57 bits per heavy atom. The maximum atomic E-state index is 12.6. The molecule has 0 heterocycles. The molecule has 0 aliphatic carbocycles. The van der Waals surface area contributed by atoms with E-state index < -0.39 is 21.7 Å². The predicted octanol–water partition coefficient (Wildman–Crippen LogP) is 4.03. The zero-order valence-corrected chi connectivity index (χ0v) is 12.3. The van der Waals surface area contributed by atoms with Crippen LogP contribution in [0.5, 0.6) is 0 Å². The Labute approximate surface area is 132 Å². The van der Waals surface area contributed by atoms with Crippen molar-refractivity contribution in [3.63, 3.8) is 0 Å². The second kappa shape index (κ2) is 6.68. The van der Waals surface area contributed by atoms with Gasteiger partial charge in [-0.05, 0) is 12.1 Å². The number of rotatable bonds is 3. The summed E-state index contributed by atoms with van der Waals surface area (Å²) >= 11 is 15.9. The van der Waals surface area contributed by atoms with Crippen LogP contribution in [0.4, 0.5) is 18.9 Å². The number of carbonyl (C=O) groups is 2. The highest BCUT2D eigenvalue weighted by atomic mass is 35.6. The van der Waals surface area contributed by atoms with Gasteiger partial charge in [0.1, 0.15) is 0 Å². The minimum atomic E-state index is -5.12. The van der Waals surface area contributed by atoms with Crippen LogP contribution < -0.4 is 4.90 Å². The van der Waals surface area contributed by atoms with Crippen LogP contribution in [0.3, 0.4) is 0 Å². The number of amides is 1. The summed E-state index contributed by atoms with van der Waals surface area (Å²) in [6.07, 6.45) is -3.93. The minimum absolute atomic E-state index is 0.0896. The van der Waals surface area contributed by atoms with Crippen molar-refractivity contribution in [1.82, 2.24) is 0 Å². The quantitative estimate of drug-likeness (QED) is 0.603. The molecule has 3 nitrogen and oxygen atoms in total. The number of hydrogen-bond donors (Lipinski definition) is 0. The normalized spacial score (nSPS) is 12.5. The largest absolute Gasteiger partial charge is 0.472 e. The van der Waals surface area contributed by atoms with Crippen molar-refractivity contribution in [2.24, 2.45) is 0 Å². The summed E-state index contributed by atoms with van der Waals surface area (Å²) in [6, 6.07) is 6.92. The number of allylic oxidation sites excluding steroid dienone is 1. The second-order valence-electron chi connectivity index (χ2n) is 3.69. The predicted molar refractivity (Wildman–Crippen MR) is 74.4 cm³/mol. The van der Waals surface area contributed by atoms with Crippen molar-refractivity contribution in [2.75, 3.05) is 4.90 Å². The van der Waals surface area contributed by atoms with Gasteiger partial charge in [0.2, 0.25) is 5.78 Å². The van der Waals surface area contributed by atoms with Gasteiger partial charge in [-0.3, -0.25) is 14.5 Å². The molecule has 0 bridgehead atoms. The highest BCUT2D eigenvalue weighted by molar-refractivity contribution is 6.77. The van der Waals surface area contributed by atoms with Crippen LogP contribution in [0.15, 0.2) is 42.6 Å². The molecule has 0 atom stereocenters. The first-order chi connectivity index (χ1) is 9.53. The molecule has 0 aliphatic rings. The number of hydrogen-bond acceptors (Lipinski definition) is 2. The van der Waals surface area contributed by atoms with E-state index in [2.05, 4.69) is 0 Å². The molecular weight excluding hydrogens is 353 g/mol. The molecule has 0 fully saturated rings. The third-order valence-corrected chi connectivity index (χ3v) is 2.71. The van der Waals surface area contributed by atoms with E-state index in [1.807, 2.05) is 0 Å². The number of halogens is 6. The summed E-state index contributed by atoms with van der Waals surface area (Å²) in [4.78, 5) is 23.0. The van der Waals surface area contributed by atoms with Crippen LogP contribution >= 0.6 is 34.8 Å². The SMILES string of the molecule is O=C(N(/C=C/C(=O)C(Cl)(Cl)Cl)c1ccccc1)C(F)(F)F. The van der Waals surface area contributed by atoms with E-state index in [1.54, 1.807) is 6.07 Å². The first-order valence-electron chi connectivity index (χ1n) is 5.28. The second-order valence-corrected chi connectivity index (χ2v) is 5.97. The van der Waals surface area contributed by atoms with Gasteiger partial charge in [-0.2, -0.15) is 13.2 Å². The standard InChI is InChI=1S/C12H7Cl3F3NO2/c13-11(14,15)9(20)6-7-19(10(21)12(16,17)18)8-4-2-1-3-5-8/h1-7H/b7-6+. The molecule has 0 aliphatic heterocycles. The van der Waals surface area contributed by atoms with Gasteiger partial charge in [0.05, 0.1) is 0 Å². The van der Waals surface area contributed by atoms with E-state index >= 15 is 0 Å². The summed E-state index contributed by atoms with van der Waals surface area (Å²) in [5.41, 5.74) is -0.0896. The number of nitrogens with zero attached hydrogens (tertiary/aromatic N) is 1. The molecular formula is C12H7Cl3F3NO2. The Morgan fingerprint density at radius 1 is 1.05 bits per heavy atom. The molecule has 0 unspecified atom stereocenters. The highest BCUT2D eigenvalue weighted by Crippen LogP contribution is 2.28. The summed E-state index contributed by atoms with van der Waals surface area (Å²) in [5.74, 6) is -3.26. The molecule has 0 spiro atoms. The molecule has 0 saturated heterocycles. The first-order valence-corrected chi connectivity index (χ1v) is 6.41. The average Bonchev–Trinajstić information content (AvgIpc) is 2.37. The summed E-state index contributed by atoms with van der Waals surface area (Å²) in [5, 5.41) is 0. The van der Waals surface area contributed by atoms with Gasteiger partial charge < -0.3 is 0 Å². The lowest BCUT2D eigenvalue weighted by Crippen LogP contribution is -2.38. The molecule has 114 valence electrons. The highest BCUT2D eigenvalue weighted by Gasteiger charge is 2.42. The minimum Gasteiger partial charge on any atom is -0.290 e. The molecule has 1 aromatic carbocycles. The molecule has 1 aromatic rings. The molecule has 0 saturated carbocycles. The maximum absolute atomic E-state index is 12.6. The lowest BCUT2D eigenvalue weighted by Gasteiger charge is -2.20. The molecule has 21 heavy (non-hydrogen) atoms. The Balaban J connectivity index is 3.14. The van der Waals surface area contributed by atoms with Crippen molar-refractivity contribution in [2.45, 2.75) is 9.97 Å². The molecule has 1 rings (SSSR count). The number of benzene rings is 1. The van der Waals surface area contributed by atoms with E-state index in [4.69, 9.17) is 34.8 Å².